The lowest BCUT2D eigenvalue weighted by molar-refractivity contribution is 0.102. The molecule has 40 heavy (non-hydrogen) atoms. The summed E-state index contributed by atoms with van der Waals surface area (Å²) in [7, 11) is 1.69. The number of fused-ring (bicyclic) bond motifs is 1. The van der Waals surface area contributed by atoms with Crippen LogP contribution >= 0.6 is 0 Å². The zero-order chi connectivity index (χ0) is 28.7. The average Bonchev–Trinajstić information content (AvgIpc) is 2.90. The van der Waals surface area contributed by atoms with Gasteiger partial charge in [0.05, 0.1) is 5.52 Å². The molecule has 0 aliphatic heterocycles. The van der Waals surface area contributed by atoms with Crippen LogP contribution in [0.4, 0.5) is 18.9 Å². The number of anilines is 1. The first-order valence-electron chi connectivity index (χ1n) is 12.2. The van der Waals surface area contributed by atoms with Crippen molar-refractivity contribution in [3.63, 3.8) is 0 Å². The molecule has 5 rings (SSSR count). The van der Waals surface area contributed by atoms with Crippen LogP contribution in [0.3, 0.4) is 0 Å². The molecule has 0 fully saturated rings. The molecule has 10 heteroatoms. The van der Waals surface area contributed by atoms with Crippen LogP contribution in [-0.2, 0) is 7.05 Å². The predicted molar refractivity (Wildman–Crippen MR) is 145 cm³/mol. The van der Waals surface area contributed by atoms with Crippen LogP contribution < -0.4 is 15.5 Å². The Bertz CT molecular complexity index is 1890. The minimum absolute atomic E-state index is 0.0800. The van der Waals surface area contributed by atoms with E-state index in [-0.39, 0.29) is 33.8 Å². The number of carbonyl (C=O) groups is 1. The second-order valence-corrected chi connectivity index (χ2v) is 9.38. The van der Waals surface area contributed by atoms with Gasteiger partial charge in [-0.15, -0.1) is 0 Å². The fraction of sp³-hybridized carbons (Fsp3) is 0.133. The van der Waals surface area contributed by atoms with Gasteiger partial charge in [0.2, 0.25) is 11.4 Å². The standard InChI is InChI=1S/C30H23F3N4O3/c1-15-11-18(31)5-7-20(15)26-17(3)37(4)14-21(28(26)38)30(39)35-19-6-8-24(22(32)13-19)40-25-9-10-34-23-12-16(2)29(33)36-27(23)25/h5-14H,1-4H3,(H,35,39). The Hall–Kier alpha value is -4.99. The number of nitrogens with zero attached hydrogens (tertiary/aromatic N) is 3. The van der Waals surface area contributed by atoms with Gasteiger partial charge in [0, 0.05) is 54.1 Å². The van der Waals surface area contributed by atoms with Crippen molar-refractivity contribution < 1.29 is 22.7 Å². The maximum Gasteiger partial charge on any atom is 0.261 e. The fourth-order valence-electron chi connectivity index (χ4n) is 4.39. The zero-order valence-electron chi connectivity index (χ0n) is 22.0. The first-order chi connectivity index (χ1) is 19.0. The maximum atomic E-state index is 15.0. The molecule has 0 bridgehead atoms. The lowest BCUT2D eigenvalue weighted by Gasteiger charge is -2.15. The molecule has 1 N–H and O–H groups in total. The van der Waals surface area contributed by atoms with Crippen molar-refractivity contribution >= 4 is 22.6 Å². The third kappa shape index (κ3) is 4.91. The molecule has 0 unspecified atom stereocenters. The van der Waals surface area contributed by atoms with E-state index in [9.17, 15) is 18.4 Å². The van der Waals surface area contributed by atoms with E-state index in [0.29, 0.717) is 27.9 Å². The van der Waals surface area contributed by atoms with Crippen molar-refractivity contribution in [3.05, 3.63) is 111 Å². The summed E-state index contributed by atoms with van der Waals surface area (Å²) < 4.78 is 50.0. The number of pyridine rings is 3. The number of aryl methyl sites for hydroxylation is 3. The van der Waals surface area contributed by atoms with Crippen LogP contribution in [-0.4, -0.2) is 20.4 Å². The van der Waals surface area contributed by atoms with Crippen molar-refractivity contribution in [2.45, 2.75) is 20.8 Å². The number of aromatic nitrogens is 3. The summed E-state index contributed by atoms with van der Waals surface area (Å²) in [5.74, 6) is -2.77. The number of benzene rings is 2. The third-order valence-corrected chi connectivity index (χ3v) is 6.60. The van der Waals surface area contributed by atoms with Crippen molar-refractivity contribution in [2.75, 3.05) is 5.32 Å². The Balaban J connectivity index is 1.43. The molecule has 5 aromatic rings. The van der Waals surface area contributed by atoms with E-state index in [4.69, 9.17) is 4.74 Å². The average molecular weight is 545 g/mol. The largest absolute Gasteiger partial charge is 0.452 e. The summed E-state index contributed by atoms with van der Waals surface area (Å²) in [5, 5.41) is 2.54. The molecule has 0 aliphatic carbocycles. The molecule has 1 amide bonds. The molecule has 7 nitrogen and oxygen atoms in total. The molecule has 0 atom stereocenters. The molecule has 0 saturated carbocycles. The van der Waals surface area contributed by atoms with Crippen LogP contribution in [0.25, 0.3) is 22.2 Å². The zero-order valence-corrected chi connectivity index (χ0v) is 22.0. The van der Waals surface area contributed by atoms with Crippen LogP contribution in [0.15, 0.2) is 65.7 Å². The summed E-state index contributed by atoms with van der Waals surface area (Å²) in [4.78, 5) is 34.5. The number of nitrogens with one attached hydrogen (secondary N) is 1. The minimum Gasteiger partial charge on any atom is -0.452 e. The monoisotopic (exact) mass is 544 g/mol. The van der Waals surface area contributed by atoms with Gasteiger partial charge >= 0.3 is 0 Å². The Morgan fingerprint density at radius 3 is 2.45 bits per heavy atom. The lowest BCUT2D eigenvalue weighted by atomic mass is 9.97. The van der Waals surface area contributed by atoms with Gasteiger partial charge in [0.1, 0.15) is 16.9 Å². The fourth-order valence-corrected chi connectivity index (χ4v) is 4.39. The van der Waals surface area contributed by atoms with Gasteiger partial charge in [-0.05, 0) is 62.2 Å². The van der Waals surface area contributed by atoms with Gasteiger partial charge in [-0.25, -0.2) is 13.8 Å². The van der Waals surface area contributed by atoms with Crippen molar-refractivity contribution in [1.29, 1.82) is 0 Å². The van der Waals surface area contributed by atoms with Gasteiger partial charge in [-0.3, -0.25) is 14.6 Å². The summed E-state index contributed by atoms with van der Waals surface area (Å²) in [6.07, 6.45) is 2.83. The molecule has 0 spiro atoms. The SMILES string of the molecule is Cc1cc(F)ccc1-c1c(C)n(C)cc(C(=O)Nc2ccc(Oc3ccnc4cc(C)c(F)nc34)c(F)c2)c1=O. The molecular weight excluding hydrogens is 521 g/mol. The summed E-state index contributed by atoms with van der Waals surface area (Å²) in [6, 6.07) is 10.8. The van der Waals surface area contributed by atoms with E-state index in [2.05, 4.69) is 15.3 Å². The van der Waals surface area contributed by atoms with Gasteiger partial charge in [-0.2, -0.15) is 4.39 Å². The highest BCUT2D eigenvalue weighted by Gasteiger charge is 2.20. The van der Waals surface area contributed by atoms with E-state index < -0.39 is 28.9 Å². The number of amides is 1. The molecule has 3 heterocycles. The lowest BCUT2D eigenvalue weighted by Crippen LogP contribution is -2.25. The number of halogens is 3. The quantitative estimate of drug-likeness (QED) is 0.260. The Kier molecular flexibility index (Phi) is 6.85. The topological polar surface area (TPSA) is 86.1 Å². The second-order valence-electron chi connectivity index (χ2n) is 9.38. The molecule has 0 radical (unpaired) electrons. The molecule has 0 saturated heterocycles. The molecule has 2 aromatic carbocycles. The number of hydrogen-bond acceptors (Lipinski definition) is 5. The second kappa shape index (κ2) is 10.3. The van der Waals surface area contributed by atoms with E-state index in [0.717, 1.165) is 6.07 Å². The summed E-state index contributed by atoms with van der Waals surface area (Å²) >= 11 is 0. The Morgan fingerprint density at radius 1 is 0.950 bits per heavy atom. The molecule has 0 aliphatic rings. The molecular formula is C30H23F3N4O3. The number of rotatable bonds is 5. The number of ether oxygens (including phenoxy) is 1. The molecule has 3 aromatic heterocycles. The highest BCUT2D eigenvalue weighted by atomic mass is 19.1. The van der Waals surface area contributed by atoms with Crippen molar-refractivity contribution in [1.82, 2.24) is 14.5 Å². The van der Waals surface area contributed by atoms with Crippen LogP contribution in [0.5, 0.6) is 11.5 Å². The Morgan fingerprint density at radius 2 is 1.73 bits per heavy atom. The number of hydrogen-bond donors (Lipinski definition) is 1. The maximum absolute atomic E-state index is 15.0. The van der Waals surface area contributed by atoms with E-state index in [1.807, 2.05) is 0 Å². The first kappa shape index (κ1) is 26.6. The molecule has 202 valence electrons. The van der Waals surface area contributed by atoms with Crippen LogP contribution in [0.2, 0.25) is 0 Å². The normalized spacial score (nSPS) is 11.1. The predicted octanol–water partition coefficient (Wildman–Crippen LogP) is 6.38. The van der Waals surface area contributed by atoms with E-state index in [1.165, 1.54) is 54.9 Å². The van der Waals surface area contributed by atoms with Gasteiger partial charge in [0.25, 0.3) is 5.91 Å². The van der Waals surface area contributed by atoms with Gasteiger partial charge in [0.15, 0.2) is 17.3 Å². The van der Waals surface area contributed by atoms with Crippen molar-refractivity contribution in [2.24, 2.45) is 7.05 Å². The number of carbonyl (C=O) groups excluding carboxylic acids is 1. The van der Waals surface area contributed by atoms with E-state index >= 15 is 4.39 Å². The highest BCUT2D eigenvalue weighted by Crippen LogP contribution is 2.31. The van der Waals surface area contributed by atoms with Gasteiger partial charge < -0.3 is 14.6 Å². The minimum atomic E-state index is -0.810. The van der Waals surface area contributed by atoms with Crippen LogP contribution in [0.1, 0.15) is 27.2 Å². The first-order valence-corrected chi connectivity index (χ1v) is 12.2. The van der Waals surface area contributed by atoms with Gasteiger partial charge in [-0.1, -0.05) is 6.07 Å². The summed E-state index contributed by atoms with van der Waals surface area (Å²) in [5.41, 5.74) is 2.12. The van der Waals surface area contributed by atoms with Crippen molar-refractivity contribution in [3.8, 4) is 22.6 Å². The third-order valence-electron chi connectivity index (χ3n) is 6.60. The highest BCUT2D eigenvalue weighted by molar-refractivity contribution is 6.04. The van der Waals surface area contributed by atoms with E-state index in [1.54, 1.807) is 32.4 Å². The Labute approximate surface area is 226 Å². The summed E-state index contributed by atoms with van der Waals surface area (Å²) in [6.45, 7) is 4.96. The smallest absolute Gasteiger partial charge is 0.261 e. The van der Waals surface area contributed by atoms with Crippen LogP contribution in [0, 0.1) is 38.4 Å².